The number of carbonyl (C=O) groups is 3. The van der Waals surface area contributed by atoms with Gasteiger partial charge in [-0.2, -0.15) is 0 Å². The quantitative estimate of drug-likeness (QED) is 0.203. The maximum Gasteiger partial charge on any atom is 0.309 e. The monoisotopic (exact) mass is 707 g/mol. The van der Waals surface area contributed by atoms with Gasteiger partial charge in [-0.15, -0.1) is 6.58 Å². The fourth-order valence-corrected chi connectivity index (χ4v) is 14.7. The first-order valence-corrected chi connectivity index (χ1v) is 21.4. The van der Waals surface area contributed by atoms with Crippen LogP contribution in [-0.2, 0) is 19.1 Å². The third kappa shape index (κ3) is 6.14. The number of esters is 1. The number of carboxylic acid groups (broad SMARTS) is 1. The molecule has 8 rings (SSSR count). The first-order valence-electron chi connectivity index (χ1n) is 21.4. The first kappa shape index (κ1) is 37.4. The predicted octanol–water partition coefficient (Wildman–Crippen LogP) is 8.66. The highest BCUT2D eigenvalue weighted by molar-refractivity contribution is 5.84. The maximum absolute atomic E-state index is 14.5. The number of ether oxygens (including phenoxy) is 1. The molecule has 2 N–H and O–H groups in total. The summed E-state index contributed by atoms with van der Waals surface area (Å²) in [5, 5.41) is 13.2. The highest BCUT2D eigenvalue weighted by atomic mass is 16.5. The van der Waals surface area contributed by atoms with Crippen LogP contribution in [0.3, 0.4) is 0 Å². The van der Waals surface area contributed by atoms with E-state index < -0.39 is 11.9 Å². The number of allylic oxidation sites excluding steroid dienone is 1. The Kier molecular flexibility index (Phi) is 10.3. The smallest absolute Gasteiger partial charge is 0.309 e. The molecule has 1 heterocycles. The summed E-state index contributed by atoms with van der Waals surface area (Å²) in [4.78, 5) is 41.8. The number of hydrogen-bond acceptors (Lipinski definition) is 5. The van der Waals surface area contributed by atoms with Gasteiger partial charge in [0.25, 0.3) is 0 Å². The molecule has 0 bridgehead atoms. The van der Waals surface area contributed by atoms with Crippen LogP contribution in [-0.4, -0.2) is 59.1 Å². The van der Waals surface area contributed by atoms with Crippen molar-refractivity contribution in [3.63, 3.8) is 0 Å². The normalized spacial score (nSPS) is 46.6. The molecule has 51 heavy (non-hydrogen) atoms. The molecule has 7 aliphatic carbocycles. The minimum Gasteiger partial charge on any atom is -0.481 e. The number of nitrogens with zero attached hydrogens (tertiary/aromatic N) is 1. The molecule has 0 radical (unpaired) electrons. The number of nitrogens with one attached hydrogen (secondary N) is 1. The van der Waals surface area contributed by atoms with Crippen LogP contribution in [0.25, 0.3) is 0 Å². The molecule has 8 fully saturated rings. The van der Waals surface area contributed by atoms with Crippen LogP contribution in [0.15, 0.2) is 12.7 Å². The van der Waals surface area contributed by atoms with Crippen LogP contribution in [0.5, 0.6) is 0 Å². The zero-order valence-electron chi connectivity index (χ0n) is 32.7. The van der Waals surface area contributed by atoms with Crippen LogP contribution in [0.2, 0.25) is 0 Å². The molecule has 0 aromatic carbocycles. The summed E-state index contributed by atoms with van der Waals surface area (Å²) in [6.07, 6.45) is 21.2. The van der Waals surface area contributed by atoms with Gasteiger partial charge in [-0.1, -0.05) is 40.2 Å². The Morgan fingerprint density at radius 3 is 2.12 bits per heavy atom. The molecule has 1 amide bonds. The van der Waals surface area contributed by atoms with Gasteiger partial charge in [-0.05, 0) is 175 Å². The SMILES string of the molecule is C=CC.CC1C(C(=O)O)CC1C(=O)OC1CCC2(C)C(CCC3(C)C4CCC5(C(=O)NC6(CN7CCCC7)CCC6)CCCC5C4CCC23)C1C. The minimum atomic E-state index is -0.789. The third-order valence-electron chi connectivity index (χ3n) is 17.6. The molecule has 8 aliphatic rings. The molecular weight excluding hydrogens is 636 g/mol. The molecule has 7 nitrogen and oxygen atoms in total. The number of carbonyl (C=O) groups excluding carboxylic acids is 2. The zero-order valence-corrected chi connectivity index (χ0v) is 32.7. The van der Waals surface area contributed by atoms with E-state index in [1.54, 1.807) is 6.08 Å². The van der Waals surface area contributed by atoms with E-state index in [1.165, 1.54) is 77.3 Å². The van der Waals surface area contributed by atoms with Crippen molar-refractivity contribution in [3.8, 4) is 0 Å². The lowest BCUT2D eigenvalue weighted by atomic mass is 9.37. The van der Waals surface area contributed by atoms with E-state index in [1.807, 2.05) is 13.8 Å². The number of rotatable bonds is 7. The van der Waals surface area contributed by atoms with E-state index >= 15 is 0 Å². The Bertz CT molecular complexity index is 1340. The van der Waals surface area contributed by atoms with E-state index in [2.05, 4.69) is 37.6 Å². The molecule has 7 saturated carbocycles. The molecule has 1 aliphatic heterocycles. The first-order chi connectivity index (χ1) is 24.3. The van der Waals surface area contributed by atoms with Gasteiger partial charge < -0.3 is 20.1 Å². The van der Waals surface area contributed by atoms with Gasteiger partial charge in [0.2, 0.25) is 5.91 Å². The number of amides is 1. The lowest BCUT2D eigenvalue weighted by Crippen LogP contribution is -2.65. The van der Waals surface area contributed by atoms with Crippen molar-refractivity contribution < 1.29 is 24.2 Å². The fourth-order valence-electron chi connectivity index (χ4n) is 14.7. The Hall–Kier alpha value is -1.89. The van der Waals surface area contributed by atoms with Crippen LogP contribution in [0.1, 0.15) is 144 Å². The highest BCUT2D eigenvalue weighted by Crippen LogP contribution is 2.72. The topological polar surface area (TPSA) is 95.9 Å². The van der Waals surface area contributed by atoms with Crippen molar-refractivity contribution in [2.75, 3.05) is 19.6 Å². The number of hydrogen-bond donors (Lipinski definition) is 2. The van der Waals surface area contributed by atoms with Crippen LogP contribution < -0.4 is 5.32 Å². The average Bonchev–Trinajstić information content (AvgIpc) is 3.75. The molecule has 0 spiro atoms. The van der Waals surface area contributed by atoms with Crippen molar-refractivity contribution in [1.29, 1.82) is 0 Å². The van der Waals surface area contributed by atoms with Crippen molar-refractivity contribution in [2.24, 2.45) is 69.5 Å². The van der Waals surface area contributed by atoms with Gasteiger partial charge in [-0.3, -0.25) is 14.4 Å². The van der Waals surface area contributed by atoms with Gasteiger partial charge in [0.15, 0.2) is 0 Å². The van der Waals surface area contributed by atoms with E-state index in [4.69, 9.17) is 4.74 Å². The van der Waals surface area contributed by atoms with E-state index in [-0.39, 0.29) is 40.3 Å². The summed E-state index contributed by atoms with van der Waals surface area (Å²) < 4.78 is 6.24. The summed E-state index contributed by atoms with van der Waals surface area (Å²) >= 11 is 0. The predicted molar refractivity (Wildman–Crippen MR) is 201 cm³/mol. The van der Waals surface area contributed by atoms with Gasteiger partial charge in [0.1, 0.15) is 6.10 Å². The number of carboxylic acids is 1. The Morgan fingerprint density at radius 1 is 0.804 bits per heavy atom. The second-order valence-corrected chi connectivity index (χ2v) is 19.7. The summed E-state index contributed by atoms with van der Waals surface area (Å²) in [6.45, 7) is 18.2. The van der Waals surface area contributed by atoms with Gasteiger partial charge in [0.05, 0.1) is 22.8 Å². The third-order valence-corrected chi connectivity index (χ3v) is 17.6. The van der Waals surface area contributed by atoms with E-state index in [0.29, 0.717) is 53.3 Å². The van der Waals surface area contributed by atoms with Crippen molar-refractivity contribution in [2.45, 2.75) is 155 Å². The summed E-state index contributed by atoms with van der Waals surface area (Å²) in [7, 11) is 0. The summed E-state index contributed by atoms with van der Waals surface area (Å²) in [5.41, 5.74) is 0.461. The van der Waals surface area contributed by atoms with Crippen molar-refractivity contribution >= 4 is 17.8 Å². The second-order valence-electron chi connectivity index (χ2n) is 19.7. The molecule has 0 aromatic heterocycles. The molecule has 13 atom stereocenters. The molecule has 286 valence electrons. The second kappa shape index (κ2) is 14.1. The van der Waals surface area contributed by atoms with Crippen LogP contribution in [0.4, 0.5) is 0 Å². The molecule has 13 unspecified atom stereocenters. The minimum absolute atomic E-state index is 0.0255. The average molecular weight is 707 g/mol. The molecule has 7 heteroatoms. The zero-order chi connectivity index (χ0) is 36.3. The summed E-state index contributed by atoms with van der Waals surface area (Å²) in [6, 6.07) is 0. The fraction of sp³-hybridized carbons (Fsp3) is 0.886. The number of fused-ring (bicyclic) bond motifs is 7. The number of likely N-dealkylation sites (tertiary alicyclic amines) is 1. The summed E-state index contributed by atoms with van der Waals surface area (Å²) in [5.74, 6) is 2.18. The molecule has 0 aromatic rings. The highest BCUT2D eigenvalue weighted by Gasteiger charge is 2.66. The van der Waals surface area contributed by atoms with Gasteiger partial charge in [0, 0.05) is 6.54 Å². The standard InChI is InChI=1S/C41H64N2O5.C3H6/c1-25-28(35(44)45)23-29(25)36(46)48-33-14-19-38(3)30(26(33)2)12-18-39(4)31-13-20-41(17-7-9-32(41)27(31)10-11-34(38)39)37(47)42-40(15-8-16-40)24-43-21-5-6-22-43;1-3-2/h25-34H,5-24H2,1-4H3,(H,42,47)(H,44,45);3H,1H2,2H3. The molecular formula is C44H70N2O5. The maximum atomic E-state index is 14.5. The Labute approximate surface area is 308 Å². The van der Waals surface area contributed by atoms with Crippen LogP contribution in [0, 0.1) is 69.5 Å². The van der Waals surface area contributed by atoms with Crippen molar-refractivity contribution in [1.82, 2.24) is 10.2 Å². The lowest BCUT2D eigenvalue weighted by molar-refractivity contribution is -0.206. The van der Waals surface area contributed by atoms with Gasteiger partial charge in [-0.25, -0.2) is 0 Å². The largest absolute Gasteiger partial charge is 0.481 e. The number of aliphatic carboxylic acids is 1. The lowest BCUT2D eigenvalue weighted by Gasteiger charge is -2.67. The molecule has 1 saturated heterocycles. The van der Waals surface area contributed by atoms with Crippen molar-refractivity contribution in [3.05, 3.63) is 12.7 Å². The Morgan fingerprint density at radius 2 is 1.47 bits per heavy atom. The van der Waals surface area contributed by atoms with Gasteiger partial charge >= 0.3 is 11.9 Å². The Balaban J connectivity index is 0.00000131. The van der Waals surface area contributed by atoms with E-state index in [9.17, 15) is 19.5 Å². The van der Waals surface area contributed by atoms with Crippen LogP contribution >= 0.6 is 0 Å². The van der Waals surface area contributed by atoms with E-state index in [0.717, 1.165) is 45.1 Å².